The Hall–Kier alpha value is -0.820. The van der Waals surface area contributed by atoms with Crippen LogP contribution < -0.4 is 0 Å². The average molecular weight is 164 g/mol. The van der Waals surface area contributed by atoms with E-state index in [1.54, 1.807) is 0 Å². The molecule has 1 atom stereocenters. The van der Waals surface area contributed by atoms with Gasteiger partial charge in [0.25, 0.3) is 0 Å². The second-order valence-electron chi connectivity index (χ2n) is 3.39. The highest BCUT2D eigenvalue weighted by Gasteiger charge is 2.08. The van der Waals surface area contributed by atoms with Gasteiger partial charge in [0, 0.05) is 12.5 Å². The van der Waals surface area contributed by atoms with E-state index in [1.807, 2.05) is 0 Å². The van der Waals surface area contributed by atoms with Gasteiger partial charge < -0.3 is 5.11 Å². The summed E-state index contributed by atoms with van der Waals surface area (Å²) in [5.74, 6) is 0.256. The van der Waals surface area contributed by atoms with Crippen LogP contribution in [0.4, 0.5) is 0 Å². The van der Waals surface area contributed by atoms with Gasteiger partial charge in [0.2, 0.25) is 0 Å². The van der Waals surface area contributed by atoms with Crippen LogP contribution in [0.15, 0.2) is 18.2 Å². The molecular formula is C11H16O. The first-order valence-electron chi connectivity index (χ1n) is 4.33. The first-order valence-corrected chi connectivity index (χ1v) is 4.33. The van der Waals surface area contributed by atoms with Crippen molar-refractivity contribution >= 4 is 0 Å². The van der Waals surface area contributed by atoms with Gasteiger partial charge in [-0.1, -0.05) is 25.1 Å². The minimum atomic E-state index is 0.228. The molecule has 12 heavy (non-hydrogen) atoms. The first kappa shape index (κ1) is 9.27. The SMILES string of the molecule is Cc1cccc(C)c1C(C)CO. The lowest BCUT2D eigenvalue weighted by molar-refractivity contribution is 0.272. The predicted octanol–water partition coefficient (Wildman–Crippen LogP) is 2.40. The third kappa shape index (κ3) is 1.67. The quantitative estimate of drug-likeness (QED) is 0.711. The Kier molecular flexibility index (Phi) is 2.88. The molecule has 1 unspecified atom stereocenters. The van der Waals surface area contributed by atoms with Crippen LogP contribution in [-0.4, -0.2) is 11.7 Å². The highest BCUT2D eigenvalue weighted by atomic mass is 16.3. The highest BCUT2D eigenvalue weighted by Crippen LogP contribution is 2.22. The zero-order chi connectivity index (χ0) is 9.14. The lowest BCUT2D eigenvalue weighted by atomic mass is 9.93. The summed E-state index contributed by atoms with van der Waals surface area (Å²) in [5, 5.41) is 9.04. The normalized spacial score (nSPS) is 13.0. The molecule has 0 saturated carbocycles. The van der Waals surface area contributed by atoms with E-state index >= 15 is 0 Å². The van der Waals surface area contributed by atoms with Crippen molar-refractivity contribution in [2.45, 2.75) is 26.7 Å². The molecule has 1 aromatic carbocycles. The van der Waals surface area contributed by atoms with E-state index in [0.29, 0.717) is 0 Å². The lowest BCUT2D eigenvalue weighted by Gasteiger charge is -2.14. The van der Waals surface area contributed by atoms with Gasteiger partial charge in [0.1, 0.15) is 0 Å². The fourth-order valence-corrected chi connectivity index (χ4v) is 1.70. The monoisotopic (exact) mass is 164 g/mol. The van der Waals surface area contributed by atoms with Crippen LogP contribution in [-0.2, 0) is 0 Å². The van der Waals surface area contributed by atoms with Crippen molar-refractivity contribution in [3.8, 4) is 0 Å². The molecule has 0 aliphatic carbocycles. The van der Waals surface area contributed by atoms with Crippen molar-refractivity contribution in [2.75, 3.05) is 6.61 Å². The number of hydrogen-bond acceptors (Lipinski definition) is 1. The Balaban J connectivity index is 3.12. The third-order valence-corrected chi connectivity index (χ3v) is 2.31. The van der Waals surface area contributed by atoms with E-state index in [1.165, 1.54) is 16.7 Å². The Labute approximate surface area is 74.1 Å². The zero-order valence-electron chi connectivity index (χ0n) is 7.96. The van der Waals surface area contributed by atoms with Gasteiger partial charge in [-0.15, -0.1) is 0 Å². The molecule has 0 amide bonds. The molecule has 0 spiro atoms. The summed E-state index contributed by atoms with van der Waals surface area (Å²) in [4.78, 5) is 0. The molecule has 1 aromatic rings. The molecule has 0 fully saturated rings. The molecular weight excluding hydrogens is 148 g/mol. The molecule has 0 saturated heterocycles. The zero-order valence-corrected chi connectivity index (χ0v) is 7.96. The first-order chi connectivity index (χ1) is 5.66. The van der Waals surface area contributed by atoms with Crippen molar-refractivity contribution in [1.29, 1.82) is 0 Å². The van der Waals surface area contributed by atoms with Crippen molar-refractivity contribution < 1.29 is 5.11 Å². The summed E-state index contributed by atoms with van der Waals surface area (Å²) in [7, 11) is 0. The fraction of sp³-hybridized carbons (Fsp3) is 0.455. The van der Waals surface area contributed by atoms with Crippen molar-refractivity contribution in [1.82, 2.24) is 0 Å². The maximum absolute atomic E-state index is 9.04. The Morgan fingerprint density at radius 3 is 2.17 bits per heavy atom. The predicted molar refractivity (Wildman–Crippen MR) is 51.4 cm³/mol. The minimum absolute atomic E-state index is 0.228. The third-order valence-electron chi connectivity index (χ3n) is 2.31. The van der Waals surface area contributed by atoms with Crippen LogP contribution in [0.5, 0.6) is 0 Å². The molecule has 1 nitrogen and oxygen atoms in total. The molecule has 0 heterocycles. The summed E-state index contributed by atoms with van der Waals surface area (Å²) in [6, 6.07) is 6.24. The van der Waals surface area contributed by atoms with E-state index in [2.05, 4.69) is 39.0 Å². The molecule has 0 aliphatic rings. The van der Waals surface area contributed by atoms with Gasteiger partial charge in [0.05, 0.1) is 0 Å². The Bertz CT molecular complexity index is 245. The second kappa shape index (κ2) is 3.72. The van der Waals surface area contributed by atoms with Gasteiger partial charge in [-0.25, -0.2) is 0 Å². The Morgan fingerprint density at radius 2 is 1.75 bits per heavy atom. The van der Waals surface area contributed by atoms with Crippen molar-refractivity contribution in [2.24, 2.45) is 0 Å². The molecule has 1 N–H and O–H groups in total. The van der Waals surface area contributed by atoms with E-state index in [0.717, 1.165) is 0 Å². The number of aliphatic hydroxyl groups excluding tert-OH is 1. The smallest absolute Gasteiger partial charge is 0.0497 e. The number of aliphatic hydroxyl groups is 1. The van der Waals surface area contributed by atoms with Crippen LogP contribution in [0.25, 0.3) is 0 Å². The van der Waals surface area contributed by atoms with Gasteiger partial charge >= 0.3 is 0 Å². The van der Waals surface area contributed by atoms with Crippen molar-refractivity contribution in [3.63, 3.8) is 0 Å². The topological polar surface area (TPSA) is 20.2 Å². The number of aryl methyl sites for hydroxylation is 2. The van der Waals surface area contributed by atoms with E-state index in [-0.39, 0.29) is 12.5 Å². The van der Waals surface area contributed by atoms with Gasteiger partial charge in [-0.05, 0) is 30.5 Å². The molecule has 1 rings (SSSR count). The number of benzene rings is 1. The van der Waals surface area contributed by atoms with Gasteiger partial charge in [-0.3, -0.25) is 0 Å². The summed E-state index contributed by atoms with van der Waals surface area (Å²) >= 11 is 0. The van der Waals surface area contributed by atoms with E-state index in [4.69, 9.17) is 5.11 Å². The van der Waals surface area contributed by atoms with Crippen LogP contribution >= 0.6 is 0 Å². The average Bonchev–Trinajstić information content (AvgIpc) is 2.03. The summed E-state index contributed by atoms with van der Waals surface area (Å²) in [6.45, 7) is 6.46. The Morgan fingerprint density at radius 1 is 1.25 bits per heavy atom. The lowest BCUT2D eigenvalue weighted by Crippen LogP contribution is -2.03. The summed E-state index contributed by atoms with van der Waals surface area (Å²) < 4.78 is 0. The van der Waals surface area contributed by atoms with Crippen LogP contribution in [0, 0.1) is 13.8 Å². The fourth-order valence-electron chi connectivity index (χ4n) is 1.70. The standard InChI is InChI=1S/C11H16O/c1-8-5-4-6-9(2)11(8)10(3)7-12/h4-6,10,12H,7H2,1-3H3. The van der Waals surface area contributed by atoms with E-state index in [9.17, 15) is 0 Å². The molecule has 1 heteroatoms. The second-order valence-corrected chi connectivity index (χ2v) is 3.39. The maximum Gasteiger partial charge on any atom is 0.0497 e. The number of rotatable bonds is 2. The van der Waals surface area contributed by atoms with Gasteiger partial charge in [0.15, 0.2) is 0 Å². The van der Waals surface area contributed by atoms with Crippen LogP contribution in [0.3, 0.4) is 0 Å². The molecule has 66 valence electrons. The summed E-state index contributed by atoms with van der Waals surface area (Å²) in [6.07, 6.45) is 0. The van der Waals surface area contributed by atoms with Crippen LogP contribution in [0.2, 0.25) is 0 Å². The molecule has 0 aliphatic heterocycles. The van der Waals surface area contributed by atoms with Crippen LogP contribution in [0.1, 0.15) is 29.5 Å². The molecule has 0 aromatic heterocycles. The maximum atomic E-state index is 9.04. The largest absolute Gasteiger partial charge is 0.396 e. The van der Waals surface area contributed by atoms with Crippen molar-refractivity contribution in [3.05, 3.63) is 34.9 Å². The van der Waals surface area contributed by atoms with Gasteiger partial charge in [-0.2, -0.15) is 0 Å². The minimum Gasteiger partial charge on any atom is -0.396 e. The molecule has 0 bridgehead atoms. The number of hydrogen-bond donors (Lipinski definition) is 1. The highest BCUT2D eigenvalue weighted by molar-refractivity contribution is 5.36. The molecule has 0 radical (unpaired) electrons. The summed E-state index contributed by atoms with van der Waals surface area (Å²) in [5.41, 5.74) is 3.84. The van der Waals surface area contributed by atoms with E-state index < -0.39 is 0 Å².